The monoisotopic (exact) mass is 357 g/mol. The van der Waals surface area contributed by atoms with Crippen molar-refractivity contribution in [2.45, 2.75) is 0 Å². The minimum Gasteiger partial charge on any atom is -0.455 e. The van der Waals surface area contributed by atoms with Gasteiger partial charge in [0.25, 0.3) is 0 Å². The van der Waals surface area contributed by atoms with Gasteiger partial charge >= 0.3 is 0 Å². The third-order valence-corrected chi connectivity index (χ3v) is 4.70. The number of hydrogen-bond acceptors (Lipinski definition) is 2. The molecule has 0 aliphatic carbocycles. The third kappa shape index (κ3) is 2.41. The van der Waals surface area contributed by atoms with E-state index in [1.165, 1.54) is 12.1 Å². The van der Waals surface area contributed by atoms with Crippen molar-refractivity contribution in [2.24, 2.45) is 0 Å². The van der Waals surface area contributed by atoms with Gasteiger partial charge in [-0.25, -0.2) is 8.78 Å². The summed E-state index contributed by atoms with van der Waals surface area (Å²) in [6.45, 7) is 0. The first-order chi connectivity index (χ1) is 13.2. The van der Waals surface area contributed by atoms with Crippen molar-refractivity contribution in [3.63, 3.8) is 0 Å². The van der Waals surface area contributed by atoms with Crippen molar-refractivity contribution >= 4 is 22.2 Å². The molecule has 0 atom stereocenters. The summed E-state index contributed by atoms with van der Waals surface area (Å²) >= 11 is 0. The van der Waals surface area contributed by atoms with Gasteiger partial charge in [-0.1, -0.05) is 42.5 Å². The largest absolute Gasteiger partial charge is 0.455 e. The maximum absolute atomic E-state index is 14.7. The molecule has 0 bridgehead atoms. The van der Waals surface area contributed by atoms with E-state index in [0.29, 0.717) is 22.6 Å². The second-order valence-electron chi connectivity index (χ2n) is 6.27. The highest BCUT2D eigenvalue weighted by Gasteiger charge is 2.27. The van der Waals surface area contributed by atoms with E-state index < -0.39 is 11.6 Å². The molecule has 130 valence electrons. The van der Waals surface area contributed by atoms with Crippen molar-refractivity contribution in [3.8, 4) is 5.75 Å². The van der Waals surface area contributed by atoms with E-state index in [1.54, 1.807) is 48.7 Å². The van der Waals surface area contributed by atoms with Crippen LogP contribution in [0.25, 0.3) is 22.2 Å². The van der Waals surface area contributed by atoms with Crippen molar-refractivity contribution < 1.29 is 13.5 Å². The lowest BCUT2D eigenvalue weighted by molar-refractivity contribution is 0.509. The Morgan fingerprint density at radius 3 is 2.07 bits per heavy atom. The van der Waals surface area contributed by atoms with Gasteiger partial charge in [0.05, 0.1) is 16.5 Å². The zero-order valence-corrected chi connectivity index (χ0v) is 14.1. The van der Waals surface area contributed by atoms with Crippen LogP contribution in [0, 0.1) is 11.6 Å². The third-order valence-electron chi connectivity index (χ3n) is 4.70. The van der Waals surface area contributed by atoms with Crippen LogP contribution in [0.15, 0.2) is 79.0 Å². The van der Waals surface area contributed by atoms with E-state index in [4.69, 9.17) is 4.74 Å². The number of aromatic nitrogens is 1. The molecule has 1 aromatic heterocycles. The van der Waals surface area contributed by atoms with Crippen molar-refractivity contribution in [3.05, 3.63) is 107 Å². The van der Waals surface area contributed by atoms with E-state index >= 15 is 0 Å². The van der Waals surface area contributed by atoms with Gasteiger partial charge in [-0.3, -0.25) is 4.98 Å². The number of benzene rings is 3. The Morgan fingerprint density at radius 2 is 1.33 bits per heavy atom. The van der Waals surface area contributed by atoms with Gasteiger partial charge in [-0.15, -0.1) is 0 Å². The maximum atomic E-state index is 14.7. The van der Waals surface area contributed by atoms with Crippen LogP contribution < -0.4 is 4.74 Å². The molecule has 0 amide bonds. The Balaban J connectivity index is 1.93. The molecule has 2 nitrogen and oxygen atoms in total. The summed E-state index contributed by atoms with van der Waals surface area (Å²) in [6, 6.07) is 20.2. The molecule has 0 saturated heterocycles. The smallest absolute Gasteiger partial charge is 0.146 e. The summed E-state index contributed by atoms with van der Waals surface area (Å²) in [4.78, 5) is 4.38. The first-order valence-corrected chi connectivity index (χ1v) is 8.54. The molecule has 3 aromatic carbocycles. The lowest BCUT2D eigenvalue weighted by atomic mass is 9.89. The molecule has 0 fully saturated rings. The van der Waals surface area contributed by atoms with Gasteiger partial charge in [0.1, 0.15) is 23.1 Å². The molecule has 4 aromatic rings. The minimum absolute atomic E-state index is 0.287. The molecule has 0 spiro atoms. The topological polar surface area (TPSA) is 22.1 Å². The van der Waals surface area contributed by atoms with Gasteiger partial charge in [-0.2, -0.15) is 0 Å². The summed E-state index contributed by atoms with van der Waals surface area (Å²) in [5.41, 5.74) is 2.67. The van der Waals surface area contributed by atoms with Crippen LogP contribution >= 0.6 is 0 Å². The number of ether oxygens (including phenoxy) is 1. The molecular formula is C23H13F2NO. The van der Waals surface area contributed by atoms with Gasteiger partial charge in [0.15, 0.2) is 0 Å². The van der Waals surface area contributed by atoms with Crippen LogP contribution in [-0.4, -0.2) is 4.98 Å². The number of nitrogens with zero attached hydrogens (tertiary/aromatic N) is 1. The molecule has 2 heterocycles. The molecule has 4 heteroatoms. The van der Waals surface area contributed by atoms with Crippen molar-refractivity contribution in [2.75, 3.05) is 0 Å². The van der Waals surface area contributed by atoms with Crippen LogP contribution in [0.2, 0.25) is 0 Å². The number of rotatable bonds is 2. The Labute approximate surface area is 154 Å². The van der Waals surface area contributed by atoms with E-state index in [-0.39, 0.29) is 5.56 Å². The van der Waals surface area contributed by atoms with E-state index in [0.717, 1.165) is 16.5 Å². The van der Waals surface area contributed by atoms with Crippen molar-refractivity contribution in [1.29, 1.82) is 0 Å². The van der Waals surface area contributed by atoms with Crippen LogP contribution in [-0.2, 0) is 0 Å². The zero-order chi connectivity index (χ0) is 18.4. The summed E-state index contributed by atoms with van der Waals surface area (Å²) in [6.07, 6.45) is 1.65. The highest BCUT2D eigenvalue weighted by Crippen LogP contribution is 2.45. The van der Waals surface area contributed by atoms with Crippen LogP contribution in [0.4, 0.5) is 8.78 Å². The summed E-state index contributed by atoms with van der Waals surface area (Å²) < 4.78 is 35.5. The fourth-order valence-electron chi connectivity index (χ4n) is 3.52. The number of halogens is 2. The minimum atomic E-state index is -0.425. The Bertz CT molecular complexity index is 1220. The standard InChI is InChI=1S/C23H13F2NO/c24-17-9-3-1-6-14(17)21-16-8-5-11-19-22(16)20(12-13-26-19)27-23(21)15-7-2-4-10-18(15)25/h1-13H. The lowest BCUT2D eigenvalue weighted by Crippen LogP contribution is -2.09. The molecule has 0 saturated carbocycles. The fourth-order valence-corrected chi connectivity index (χ4v) is 3.52. The van der Waals surface area contributed by atoms with E-state index in [1.807, 2.05) is 18.2 Å². The van der Waals surface area contributed by atoms with Gasteiger partial charge in [0, 0.05) is 17.3 Å². The predicted molar refractivity (Wildman–Crippen MR) is 101 cm³/mol. The Morgan fingerprint density at radius 1 is 0.667 bits per heavy atom. The first-order valence-electron chi connectivity index (χ1n) is 8.54. The SMILES string of the molecule is Fc1ccccc1C1=C(c2ccccc2F)c2cccc3nccc(c23)O1. The summed E-state index contributed by atoms with van der Waals surface area (Å²) in [5, 5.41) is 0.790. The Hall–Kier alpha value is -3.53. The fraction of sp³-hybridized carbons (Fsp3) is 0. The molecule has 1 aliphatic rings. The van der Waals surface area contributed by atoms with Gasteiger partial charge in [0.2, 0.25) is 0 Å². The average Bonchev–Trinajstić information content (AvgIpc) is 2.69. The van der Waals surface area contributed by atoms with E-state index in [2.05, 4.69) is 4.98 Å². The number of hydrogen-bond donors (Lipinski definition) is 0. The van der Waals surface area contributed by atoms with Crippen LogP contribution in [0.3, 0.4) is 0 Å². The summed E-state index contributed by atoms with van der Waals surface area (Å²) in [7, 11) is 0. The molecule has 5 rings (SSSR count). The quantitative estimate of drug-likeness (QED) is 0.451. The van der Waals surface area contributed by atoms with E-state index in [9.17, 15) is 8.78 Å². The Kier molecular flexibility index (Phi) is 3.50. The lowest BCUT2D eigenvalue weighted by Gasteiger charge is -2.25. The molecular weight excluding hydrogens is 344 g/mol. The molecule has 1 aliphatic heterocycles. The second kappa shape index (κ2) is 6.02. The summed E-state index contributed by atoms with van der Waals surface area (Å²) in [5.74, 6) is 0.0543. The average molecular weight is 357 g/mol. The van der Waals surface area contributed by atoms with Crippen LogP contribution in [0.1, 0.15) is 16.7 Å². The maximum Gasteiger partial charge on any atom is 0.146 e. The zero-order valence-electron chi connectivity index (χ0n) is 14.1. The molecule has 0 N–H and O–H groups in total. The predicted octanol–water partition coefficient (Wildman–Crippen LogP) is 5.82. The highest BCUT2D eigenvalue weighted by molar-refractivity contribution is 6.09. The van der Waals surface area contributed by atoms with Crippen molar-refractivity contribution in [1.82, 2.24) is 4.98 Å². The second-order valence-corrected chi connectivity index (χ2v) is 6.27. The van der Waals surface area contributed by atoms with Gasteiger partial charge in [-0.05, 0) is 35.9 Å². The number of pyridine rings is 1. The van der Waals surface area contributed by atoms with Gasteiger partial charge < -0.3 is 4.74 Å². The molecule has 27 heavy (non-hydrogen) atoms. The normalized spacial score (nSPS) is 13.0. The van der Waals surface area contributed by atoms with Crippen LogP contribution in [0.5, 0.6) is 5.75 Å². The highest BCUT2D eigenvalue weighted by atomic mass is 19.1. The first kappa shape index (κ1) is 15.7. The molecule has 0 unspecified atom stereocenters. The molecule has 0 radical (unpaired) electrons.